The predicted molar refractivity (Wildman–Crippen MR) is 54.6 cm³/mol. The summed E-state index contributed by atoms with van der Waals surface area (Å²) in [7, 11) is 1.61. The number of methoxy groups -OCH3 is 1. The molecule has 70 valence electrons. The van der Waals surface area contributed by atoms with Crippen LogP contribution in [0.1, 0.15) is 18.1 Å². The van der Waals surface area contributed by atoms with Gasteiger partial charge in [0.15, 0.2) is 0 Å². The summed E-state index contributed by atoms with van der Waals surface area (Å²) in [6.45, 7) is 0. The van der Waals surface area contributed by atoms with Crippen molar-refractivity contribution in [1.29, 1.82) is 0 Å². The first-order valence-electron chi connectivity index (χ1n) is 4.00. The van der Waals surface area contributed by atoms with Crippen molar-refractivity contribution in [1.82, 2.24) is 0 Å². The van der Waals surface area contributed by atoms with Crippen LogP contribution in [0.25, 0.3) is 0 Å². The van der Waals surface area contributed by atoms with E-state index in [1.165, 1.54) is 0 Å². The first-order chi connectivity index (χ1) is 6.27. The highest BCUT2D eigenvalue weighted by Crippen LogP contribution is 2.21. The fourth-order valence-corrected chi connectivity index (χ4v) is 1.40. The van der Waals surface area contributed by atoms with Gasteiger partial charge in [0.05, 0.1) is 6.10 Å². The molecule has 0 N–H and O–H groups in total. The maximum atomic E-state index is 10.3. The normalized spacial score (nSPS) is 12.5. The second-order valence-corrected chi connectivity index (χ2v) is 3.59. The highest BCUT2D eigenvalue weighted by atomic mass is 79.9. The van der Waals surface area contributed by atoms with Crippen molar-refractivity contribution >= 4 is 22.2 Å². The lowest BCUT2D eigenvalue weighted by Crippen LogP contribution is -2.01. The number of rotatable bonds is 4. The molecule has 0 bridgehead atoms. The molecule has 1 unspecified atom stereocenters. The lowest BCUT2D eigenvalue weighted by atomic mass is 10.1. The molecule has 0 aliphatic carbocycles. The molecule has 0 radical (unpaired) electrons. The van der Waals surface area contributed by atoms with Gasteiger partial charge in [0.1, 0.15) is 6.29 Å². The van der Waals surface area contributed by atoms with Crippen molar-refractivity contribution in [2.45, 2.75) is 12.5 Å². The average Bonchev–Trinajstić information content (AvgIpc) is 2.16. The molecule has 0 aliphatic rings. The second-order valence-electron chi connectivity index (χ2n) is 2.68. The van der Waals surface area contributed by atoms with Crippen LogP contribution >= 0.6 is 15.9 Å². The van der Waals surface area contributed by atoms with E-state index in [9.17, 15) is 4.79 Å². The number of aldehydes is 1. The Morgan fingerprint density at radius 3 is 2.54 bits per heavy atom. The Morgan fingerprint density at radius 1 is 1.46 bits per heavy atom. The quantitative estimate of drug-likeness (QED) is 0.760. The summed E-state index contributed by atoms with van der Waals surface area (Å²) in [5.74, 6) is 0. The molecule has 1 atom stereocenters. The van der Waals surface area contributed by atoms with Gasteiger partial charge in [-0.25, -0.2) is 0 Å². The zero-order chi connectivity index (χ0) is 9.68. The van der Waals surface area contributed by atoms with Crippen LogP contribution in [0.5, 0.6) is 0 Å². The molecule has 1 aromatic carbocycles. The van der Waals surface area contributed by atoms with Crippen LogP contribution in [0.4, 0.5) is 0 Å². The summed E-state index contributed by atoms with van der Waals surface area (Å²) in [6.07, 6.45) is 1.15. The standard InChI is InChI=1S/C10H11BrO2/c1-13-10(6-7-12)8-2-4-9(11)5-3-8/h2-5,7,10H,6H2,1H3. The molecule has 2 nitrogen and oxygen atoms in total. The van der Waals surface area contributed by atoms with Gasteiger partial charge in [-0.2, -0.15) is 0 Å². The SMILES string of the molecule is COC(CC=O)c1ccc(Br)cc1. The van der Waals surface area contributed by atoms with E-state index in [-0.39, 0.29) is 6.10 Å². The van der Waals surface area contributed by atoms with E-state index in [4.69, 9.17) is 4.74 Å². The van der Waals surface area contributed by atoms with Gasteiger partial charge in [-0.05, 0) is 17.7 Å². The zero-order valence-electron chi connectivity index (χ0n) is 7.37. The molecule has 3 heteroatoms. The van der Waals surface area contributed by atoms with Gasteiger partial charge >= 0.3 is 0 Å². The molecule has 0 amide bonds. The van der Waals surface area contributed by atoms with Crippen molar-refractivity contribution in [3.8, 4) is 0 Å². The smallest absolute Gasteiger partial charge is 0.122 e. The van der Waals surface area contributed by atoms with Gasteiger partial charge in [-0.3, -0.25) is 0 Å². The van der Waals surface area contributed by atoms with E-state index in [2.05, 4.69) is 15.9 Å². The summed E-state index contributed by atoms with van der Waals surface area (Å²) in [4.78, 5) is 10.3. The fourth-order valence-electron chi connectivity index (χ4n) is 1.13. The molecule has 0 heterocycles. The number of ether oxygens (including phenoxy) is 1. The molecule has 0 aliphatic heterocycles. The Morgan fingerprint density at radius 2 is 2.08 bits per heavy atom. The molecule has 1 aromatic rings. The largest absolute Gasteiger partial charge is 0.376 e. The number of halogens is 1. The van der Waals surface area contributed by atoms with Gasteiger partial charge in [0.25, 0.3) is 0 Å². The Hall–Kier alpha value is -0.670. The molecule has 0 spiro atoms. The highest BCUT2D eigenvalue weighted by Gasteiger charge is 2.08. The van der Waals surface area contributed by atoms with Crippen LogP contribution in [0.2, 0.25) is 0 Å². The minimum Gasteiger partial charge on any atom is -0.376 e. The number of hydrogen-bond acceptors (Lipinski definition) is 2. The van der Waals surface area contributed by atoms with Crippen LogP contribution < -0.4 is 0 Å². The van der Waals surface area contributed by atoms with Crippen molar-refractivity contribution in [2.24, 2.45) is 0 Å². The van der Waals surface area contributed by atoms with Crippen molar-refractivity contribution in [3.63, 3.8) is 0 Å². The Bertz CT molecular complexity index is 269. The molecular weight excluding hydrogens is 232 g/mol. The first-order valence-corrected chi connectivity index (χ1v) is 4.79. The van der Waals surface area contributed by atoms with Crippen LogP contribution in [0.15, 0.2) is 28.7 Å². The predicted octanol–water partition coefficient (Wildman–Crippen LogP) is 2.73. The van der Waals surface area contributed by atoms with Crippen LogP contribution in [-0.2, 0) is 9.53 Å². The van der Waals surface area contributed by atoms with Gasteiger partial charge in [0, 0.05) is 18.0 Å². The Kier molecular flexibility index (Phi) is 4.12. The molecule has 0 fully saturated rings. The number of hydrogen-bond donors (Lipinski definition) is 0. The maximum absolute atomic E-state index is 10.3. The van der Waals surface area contributed by atoms with Crippen molar-refractivity contribution in [2.75, 3.05) is 7.11 Å². The monoisotopic (exact) mass is 242 g/mol. The number of carbonyl (C=O) groups is 1. The van der Waals surface area contributed by atoms with Gasteiger partial charge in [-0.1, -0.05) is 28.1 Å². The second kappa shape index (κ2) is 5.14. The third-order valence-corrected chi connectivity index (χ3v) is 2.37. The van der Waals surface area contributed by atoms with Gasteiger partial charge in [-0.15, -0.1) is 0 Å². The van der Waals surface area contributed by atoms with E-state index in [0.29, 0.717) is 6.42 Å². The van der Waals surface area contributed by atoms with Crippen molar-refractivity contribution < 1.29 is 9.53 Å². The molecule has 0 saturated carbocycles. The van der Waals surface area contributed by atoms with Crippen LogP contribution in [0.3, 0.4) is 0 Å². The van der Waals surface area contributed by atoms with E-state index < -0.39 is 0 Å². The molecule has 13 heavy (non-hydrogen) atoms. The van der Waals surface area contributed by atoms with Crippen molar-refractivity contribution in [3.05, 3.63) is 34.3 Å². The zero-order valence-corrected chi connectivity index (χ0v) is 8.95. The molecular formula is C10H11BrO2. The number of benzene rings is 1. The summed E-state index contributed by atoms with van der Waals surface area (Å²) >= 11 is 3.35. The molecule has 1 rings (SSSR count). The lowest BCUT2D eigenvalue weighted by molar-refractivity contribution is -0.110. The topological polar surface area (TPSA) is 26.3 Å². The van der Waals surface area contributed by atoms with Crippen LogP contribution in [-0.4, -0.2) is 13.4 Å². The van der Waals surface area contributed by atoms with E-state index >= 15 is 0 Å². The highest BCUT2D eigenvalue weighted by molar-refractivity contribution is 9.10. The van der Waals surface area contributed by atoms with Crippen LogP contribution in [0, 0.1) is 0 Å². The minimum atomic E-state index is -0.120. The minimum absolute atomic E-state index is 0.120. The Labute approximate surface area is 86.0 Å². The summed E-state index contributed by atoms with van der Waals surface area (Å²) in [5.41, 5.74) is 1.03. The fraction of sp³-hybridized carbons (Fsp3) is 0.300. The summed E-state index contributed by atoms with van der Waals surface area (Å²) < 4.78 is 6.20. The van der Waals surface area contributed by atoms with Gasteiger partial charge in [0.2, 0.25) is 0 Å². The summed E-state index contributed by atoms with van der Waals surface area (Å²) in [5, 5.41) is 0. The Balaban J connectivity index is 2.78. The lowest BCUT2D eigenvalue weighted by Gasteiger charge is -2.12. The average molecular weight is 243 g/mol. The van der Waals surface area contributed by atoms with Gasteiger partial charge < -0.3 is 9.53 Å². The third-order valence-electron chi connectivity index (χ3n) is 1.84. The third kappa shape index (κ3) is 2.94. The number of carbonyl (C=O) groups excluding carboxylic acids is 1. The maximum Gasteiger partial charge on any atom is 0.122 e. The molecule has 0 saturated heterocycles. The molecule has 0 aromatic heterocycles. The van der Waals surface area contributed by atoms with E-state index in [0.717, 1.165) is 16.3 Å². The first kappa shape index (κ1) is 10.4. The summed E-state index contributed by atoms with van der Waals surface area (Å²) in [6, 6.07) is 7.77. The van der Waals surface area contributed by atoms with E-state index in [1.54, 1.807) is 7.11 Å². The van der Waals surface area contributed by atoms with E-state index in [1.807, 2.05) is 24.3 Å².